The summed E-state index contributed by atoms with van der Waals surface area (Å²) in [5, 5.41) is 3.29. The van der Waals surface area contributed by atoms with Crippen molar-refractivity contribution >= 4 is 0 Å². The molecule has 0 unspecified atom stereocenters. The first-order chi connectivity index (χ1) is 5.90. The van der Waals surface area contributed by atoms with Crippen LogP contribution in [0.3, 0.4) is 0 Å². The van der Waals surface area contributed by atoms with E-state index in [-0.39, 0.29) is 0 Å². The highest BCUT2D eigenvalue weighted by atomic mass is 14.9. The van der Waals surface area contributed by atoms with Crippen LogP contribution in [-0.4, -0.2) is 18.1 Å². The van der Waals surface area contributed by atoms with Gasteiger partial charge in [-0.05, 0) is 43.5 Å². The highest BCUT2D eigenvalue weighted by molar-refractivity contribution is 5.19. The largest absolute Gasteiger partial charge is 0.317 e. The summed E-state index contributed by atoms with van der Waals surface area (Å²) in [4.78, 5) is 4.01. The van der Waals surface area contributed by atoms with E-state index in [1.165, 1.54) is 18.4 Å². The maximum absolute atomic E-state index is 4.01. The van der Waals surface area contributed by atoms with Gasteiger partial charge in [-0.15, -0.1) is 0 Å². The van der Waals surface area contributed by atoms with Gasteiger partial charge in [0.15, 0.2) is 0 Å². The normalized spacial score (nSPS) is 28.1. The van der Waals surface area contributed by atoms with Gasteiger partial charge in [-0.3, -0.25) is 4.98 Å². The smallest absolute Gasteiger partial charge is 0.0270 e. The monoisotopic (exact) mass is 162 g/mol. The average Bonchev–Trinajstić information content (AvgIpc) is 2.04. The fraction of sp³-hybridized carbons (Fsp3) is 0.500. The first-order valence-electron chi connectivity index (χ1n) is 4.47. The summed E-state index contributed by atoms with van der Waals surface area (Å²) in [6.45, 7) is 0. The van der Waals surface area contributed by atoms with Gasteiger partial charge in [-0.1, -0.05) is 0 Å². The van der Waals surface area contributed by atoms with E-state index < -0.39 is 0 Å². The SMILES string of the molecule is CNC1CC(c2ccncc2)C1. The lowest BCUT2D eigenvalue weighted by Gasteiger charge is -2.35. The average molecular weight is 162 g/mol. The van der Waals surface area contributed by atoms with E-state index >= 15 is 0 Å². The van der Waals surface area contributed by atoms with Crippen molar-refractivity contribution in [3.63, 3.8) is 0 Å². The van der Waals surface area contributed by atoms with E-state index in [0.717, 1.165) is 12.0 Å². The van der Waals surface area contributed by atoms with Gasteiger partial charge in [0, 0.05) is 18.4 Å². The van der Waals surface area contributed by atoms with E-state index in [0.29, 0.717) is 0 Å². The van der Waals surface area contributed by atoms with Gasteiger partial charge in [0.25, 0.3) is 0 Å². The first-order valence-corrected chi connectivity index (χ1v) is 4.47. The molecule has 1 aromatic heterocycles. The van der Waals surface area contributed by atoms with Crippen LogP contribution >= 0.6 is 0 Å². The molecule has 2 rings (SSSR count). The summed E-state index contributed by atoms with van der Waals surface area (Å²) in [6.07, 6.45) is 6.31. The topological polar surface area (TPSA) is 24.9 Å². The molecule has 1 saturated carbocycles. The van der Waals surface area contributed by atoms with Crippen LogP contribution in [-0.2, 0) is 0 Å². The molecule has 64 valence electrons. The van der Waals surface area contributed by atoms with Gasteiger partial charge < -0.3 is 5.32 Å². The maximum Gasteiger partial charge on any atom is 0.0270 e. The van der Waals surface area contributed by atoms with E-state index in [2.05, 4.69) is 22.4 Å². The zero-order chi connectivity index (χ0) is 8.39. The highest BCUT2D eigenvalue weighted by Crippen LogP contribution is 2.35. The van der Waals surface area contributed by atoms with Gasteiger partial charge in [-0.25, -0.2) is 0 Å². The van der Waals surface area contributed by atoms with Crippen molar-refractivity contribution in [2.75, 3.05) is 7.05 Å². The molecule has 0 spiro atoms. The number of hydrogen-bond acceptors (Lipinski definition) is 2. The third-order valence-corrected chi connectivity index (χ3v) is 2.72. The lowest BCUT2D eigenvalue weighted by Crippen LogP contribution is -2.37. The summed E-state index contributed by atoms with van der Waals surface area (Å²) in [6, 6.07) is 4.98. The van der Waals surface area contributed by atoms with Crippen LogP contribution in [0.1, 0.15) is 24.3 Å². The fourth-order valence-electron chi connectivity index (χ4n) is 1.76. The molecule has 1 aliphatic rings. The standard InChI is InChI=1S/C10H14N2/c1-11-10-6-9(7-10)8-2-4-12-5-3-8/h2-5,9-11H,6-7H2,1H3. The van der Waals surface area contributed by atoms with E-state index in [9.17, 15) is 0 Å². The molecule has 0 atom stereocenters. The third kappa shape index (κ3) is 1.34. The Morgan fingerprint density at radius 2 is 2.00 bits per heavy atom. The molecule has 12 heavy (non-hydrogen) atoms. The number of nitrogens with one attached hydrogen (secondary N) is 1. The molecule has 0 aliphatic heterocycles. The zero-order valence-electron chi connectivity index (χ0n) is 7.33. The molecule has 0 radical (unpaired) electrons. The summed E-state index contributed by atoms with van der Waals surface area (Å²) < 4.78 is 0. The fourth-order valence-corrected chi connectivity index (χ4v) is 1.76. The van der Waals surface area contributed by atoms with Crippen LogP contribution in [0, 0.1) is 0 Å². The Morgan fingerprint density at radius 3 is 2.58 bits per heavy atom. The van der Waals surface area contributed by atoms with Crippen molar-refractivity contribution in [2.45, 2.75) is 24.8 Å². The van der Waals surface area contributed by atoms with Crippen LogP contribution < -0.4 is 5.32 Å². The minimum absolute atomic E-state index is 0.739. The molecule has 0 bridgehead atoms. The van der Waals surface area contributed by atoms with Gasteiger partial charge in [-0.2, -0.15) is 0 Å². The summed E-state index contributed by atoms with van der Waals surface area (Å²) in [5.74, 6) is 0.769. The number of hydrogen-bond donors (Lipinski definition) is 1. The molecule has 1 aliphatic carbocycles. The number of aromatic nitrogens is 1. The second kappa shape index (κ2) is 3.23. The molecule has 1 N–H and O–H groups in total. The van der Waals surface area contributed by atoms with Crippen molar-refractivity contribution in [1.82, 2.24) is 10.3 Å². The Morgan fingerprint density at radius 1 is 1.33 bits per heavy atom. The van der Waals surface area contributed by atoms with Crippen LogP contribution in [0.15, 0.2) is 24.5 Å². The van der Waals surface area contributed by atoms with E-state index in [4.69, 9.17) is 0 Å². The molecule has 2 heteroatoms. The molecule has 1 fully saturated rings. The van der Waals surface area contributed by atoms with Crippen molar-refractivity contribution in [3.8, 4) is 0 Å². The van der Waals surface area contributed by atoms with Crippen molar-refractivity contribution in [1.29, 1.82) is 0 Å². The van der Waals surface area contributed by atoms with Crippen molar-refractivity contribution in [2.24, 2.45) is 0 Å². The second-order valence-electron chi connectivity index (χ2n) is 3.43. The van der Waals surface area contributed by atoms with Crippen LogP contribution in [0.4, 0.5) is 0 Å². The predicted molar refractivity (Wildman–Crippen MR) is 49.1 cm³/mol. The summed E-state index contributed by atoms with van der Waals surface area (Å²) in [7, 11) is 2.04. The van der Waals surface area contributed by atoms with E-state index in [1.54, 1.807) is 0 Å². The third-order valence-electron chi connectivity index (χ3n) is 2.72. The minimum Gasteiger partial charge on any atom is -0.317 e. The maximum atomic E-state index is 4.01. The van der Waals surface area contributed by atoms with E-state index in [1.807, 2.05) is 19.4 Å². The quantitative estimate of drug-likeness (QED) is 0.713. The van der Waals surface area contributed by atoms with Crippen molar-refractivity contribution < 1.29 is 0 Å². The molecule has 0 aromatic carbocycles. The number of nitrogens with zero attached hydrogens (tertiary/aromatic N) is 1. The lowest BCUT2D eigenvalue weighted by molar-refractivity contribution is 0.307. The van der Waals surface area contributed by atoms with Gasteiger partial charge in [0.1, 0.15) is 0 Å². The Bertz CT molecular complexity index is 239. The minimum atomic E-state index is 0.739. The number of rotatable bonds is 2. The van der Waals surface area contributed by atoms with Gasteiger partial charge in [0.05, 0.1) is 0 Å². The zero-order valence-corrected chi connectivity index (χ0v) is 7.33. The van der Waals surface area contributed by atoms with Crippen molar-refractivity contribution in [3.05, 3.63) is 30.1 Å². The van der Waals surface area contributed by atoms with Crippen LogP contribution in [0.25, 0.3) is 0 Å². The molecule has 0 amide bonds. The molecule has 2 nitrogen and oxygen atoms in total. The molecule has 1 heterocycles. The van der Waals surface area contributed by atoms with Gasteiger partial charge in [0.2, 0.25) is 0 Å². The Balaban J connectivity index is 1.97. The Labute approximate surface area is 73.0 Å². The molecular formula is C10H14N2. The predicted octanol–water partition coefficient (Wildman–Crippen LogP) is 1.55. The molecular weight excluding hydrogens is 148 g/mol. The van der Waals surface area contributed by atoms with Gasteiger partial charge >= 0.3 is 0 Å². The molecule has 0 saturated heterocycles. The summed E-state index contributed by atoms with van der Waals surface area (Å²) >= 11 is 0. The van der Waals surface area contributed by atoms with Crippen LogP contribution in [0.5, 0.6) is 0 Å². The Kier molecular flexibility index (Phi) is 2.09. The number of pyridine rings is 1. The Hall–Kier alpha value is -0.890. The summed E-state index contributed by atoms with van der Waals surface area (Å²) in [5.41, 5.74) is 1.44. The highest BCUT2D eigenvalue weighted by Gasteiger charge is 2.28. The molecule has 1 aromatic rings. The van der Waals surface area contributed by atoms with Crippen LogP contribution in [0.2, 0.25) is 0 Å². The lowest BCUT2D eigenvalue weighted by atomic mass is 9.76. The first kappa shape index (κ1) is 7.74. The second-order valence-corrected chi connectivity index (χ2v) is 3.43.